The van der Waals surface area contributed by atoms with Crippen molar-refractivity contribution in [2.24, 2.45) is 0 Å². The van der Waals surface area contributed by atoms with Gasteiger partial charge in [-0.05, 0) is 13.8 Å². The van der Waals surface area contributed by atoms with Crippen LogP contribution in [0.25, 0.3) is 0 Å². The van der Waals surface area contributed by atoms with Gasteiger partial charge in [0.1, 0.15) is 0 Å². The minimum absolute atomic E-state index is 0.0567. The predicted molar refractivity (Wildman–Crippen MR) is 67.1 cm³/mol. The normalized spacial score (nSPS) is 13.3. The molecule has 0 bridgehead atoms. The van der Waals surface area contributed by atoms with Crippen LogP contribution < -0.4 is 0 Å². The van der Waals surface area contributed by atoms with E-state index in [1.165, 1.54) is 11.0 Å². The van der Waals surface area contributed by atoms with E-state index in [1.807, 2.05) is 0 Å². The van der Waals surface area contributed by atoms with Gasteiger partial charge in [0.25, 0.3) is 5.91 Å². The average molecular weight is 274 g/mol. The Kier molecular flexibility index (Phi) is 4.50. The van der Waals surface area contributed by atoms with Gasteiger partial charge in [-0.1, -0.05) is 12.1 Å². The van der Waals surface area contributed by atoms with E-state index in [9.17, 15) is 13.2 Å². The number of carbonyl (C=O) groups excluding carboxylic acids is 1. The zero-order valence-corrected chi connectivity index (χ0v) is 11.8. The van der Waals surface area contributed by atoms with Gasteiger partial charge in [0.15, 0.2) is 9.84 Å². The number of aryl methyl sites for hydroxylation is 1. The summed E-state index contributed by atoms with van der Waals surface area (Å²) in [7, 11) is -1.56. The monoisotopic (exact) mass is 274 g/mol. The van der Waals surface area contributed by atoms with Gasteiger partial charge in [0.2, 0.25) is 5.76 Å². The quantitative estimate of drug-likeness (QED) is 0.796. The smallest absolute Gasteiger partial charge is 0.292 e. The van der Waals surface area contributed by atoms with Gasteiger partial charge in [-0.3, -0.25) is 4.79 Å². The van der Waals surface area contributed by atoms with Crippen molar-refractivity contribution in [1.29, 1.82) is 0 Å². The highest BCUT2D eigenvalue weighted by molar-refractivity contribution is 7.91. The van der Waals surface area contributed by atoms with Crippen molar-refractivity contribution in [1.82, 2.24) is 10.1 Å². The molecule has 0 N–H and O–H groups in total. The fraction of sp³-hybridized carbons (Fsp3) is 0.636. The van der Waals surface area contributed by atoms with Crippen LogP contribution in [0.1, 0.15) is 30.1 Å². The molecule has 1 aromatic rings. The van der Waals surface area contributed by atoms with Gasteiger partial charge in [0.05, 0.1) is 11.4 Å². The second-order valence-electron chi connectivity index (χ2n) is 4.30. The lowest BCUT2D eigenvalue weighted by Crippen LogP contribution is -2.39. The first kappa shape index (κ1) is 14.7. The van der Waals surface area contributed by atoms with Crippen LogP contribution in [0.4, 0.5) is 0 Å². The molecule has 1 rings (SSSR count). The van der Waals surface area contributed by atoms with Crippen molar-refractivity contribution in [3.63, 3.8) is 0 Å². The molecular weight excluding hydrogens is 256 g/mol. The molecule has 0 saturated carbocycles. The van der Waals surface area contributed by atoms with E-state index in [1.54, 1.807) is 27.8 Å². The molecule has 1 amide bonds. The van der Waals surface area contributed by atoms with E-state index in [2.05, 4.69) is 5.16 Å². The van der Waals surface area contributed by atoms with Crippen molar-refractivity contribution in [3.8, 4) is 0 Å². The first-order valence-electron chi connectivity index (χ1n) is 5.67. The Morgan fingerprint density at radius 3 is 2.61 bits per heavy atom. The number of hydrogen-bond acceptors (Lipinski definition) is 5. The molecule has 0 aliphatic carbocycles. The molecule has 0 unspecified atom stereocenters. The molecule has 1 atom stereocenters. The van der Waals surface area contributed by atoms with Crippen LogP contribution in [0, 0.1) is 6.92 Å². The van der Waals surface area contributed by atoms with Crippen molar-refractivity contribution >= 4 is 15.7 Å². The maximum Gasteiger partial charge on any atom is 0.292 e. The molecule has 0 aliphatic rings. The molecular formula is C11H18N2O4S. The van der Waals surface area contributed by atoms with E-state index in [0.717, 1.165) is 0 Å². The molecule has 0 aromatic carbocycles. The zero-order chi connectivity index (χ0) is 13.9. The molecule has 1 aromatic heterocycles. The molecule has 7 heteroatoms. The van der Waals surface area contributed by atoms with Crippen LogP contribution in [0.3, 0.4) is 0 Å². The summed E-state index contributed by atoms with van der Waals surface area (Å²) in [5.41, 5.74) is 0.612. The zero-order valence-electron chi connectivity index (χ0n) is 11.0. The third-order valence-corrected chi connectivity index (χ3v) is 4.63. The lowest BCUT2D eigenvalue weighted by atomic mass is 10.3. The maximum atomic E-state index is 12.0. The lowest BCUT2D eigenvalue weighted by Gasteiger charge is -2.23. The molecule has 0 saturated heterocycles. The van der Waals surface area contributed by atoms with Crippen molar-refractivity contribution in [2.45, 2.75) is 26.8 Å². The number of rotatable bonds is 5. The fourth-order valence-corrected chi connectivity index (χ4v) is 2.63. The van der Waals surface area contributed by atoms with Gasteiger partial charge in [-0.25, -0.2) is 8.42 Å². The predicted octanol–water partition coefficient (Wildman–Crippen LogP) is 0.878. The standard InChI is InChI=1S/C11H18N2O4S/c1-5-18(15,16)7-9(3)13(4)11(14)10-6-8(2)12-17-10/h6,9H,5,7H2,1-4H3/t9-/m1/s1. The van der Waals surface area contributed by atoms with Gasteiger partial charge in [0, 0.05) is 24.9 Å². The number of amides is 1. The number of aromatic nitrogens is 1. The van der Waals surface area contributed by atoms with Crippen LogP contribution in [0.15, 0.2) is 10.6 Å². The summed E-state index contributed by atoms with van der Waals surface area (Å²) >= 11 is 0. The molecule has 1 heterocycles. The SMILES string of the molecule is CCS(=O)(=O)C[C@@H](C)N(C)C(=O)c1cc(C)no1. The van der Waals surface area contributed by atoms with Crippen LogP contribution >= 0.6 is 0 Å². The Morgan fingerprint density at radius 1 is 1.56 bits per heavy atom. The Labute approximate surface area is 107 Å². The summed E-state index contributed by atoms with van der Waals surface area (Å²) in [6, 6.07) is 1.12. The largest absolute Gasteiger partial charge is 0.351 e. The molecule has 6 nitrogen and oxygen atoms in total. The van der Waals surface area contributed by atoms with Crippen LogP contribution in [0.5, 0.6) is 0 Å². The molecule has 18 heavy (non-hydrogen) atoms. The summed E-state index contributed by atoms with van der Waals surface area (Å²) < 4.78 is 27.9. The molecule has 0 radical (unpaired) electrons. The van der Waals surface area contributed by atoms with Crippen molar-refractivity contribution in [3.05, 3.63) is 17.5 Å². The van der Waals surface area contributed by atoms with E-state index in [-0.39, 0.29) is 23.2 Å². The number of sulfone groups is 1. The fourth-order valence-electron chi connectivity index (χ4n) is 1.44. The van der Waals surface area contributed by atoms with Gasteiger partial charge >= 0.3 is 0 Å². The minimum atomic E-state index is -3.11. The Hall–Kier alpha value is -1.37. The third-order valence-electron chi connectivity index (χ3n) is 2.76. The van der Waals surface area contributed by atoms with Gasteiger partial charge in [-0.15, -0.1) is 0 Å². The summed E-state index contributed by atoms with van der Waals surface area (Å²) in [5, 5.41) is 3.63. The highest BCUT2D eigenvalue weighted by Gasteiger charge is 2.24. The Balaban J connectivity index is 2.75. The second-order valence-corrected chi connectivity index (χ2v) is 6.69. The summed E-state index contributed by atoms with van der Waals surface area (Å²) in [6.07, 6.45) is 0. The summed E-state index contributed by atoms with van der Waals surface area (Å²) in [4.78, 5) is 13.3. The Morgan fingerprint density at radius 2 is 2.17 bits per heavy atom. The summed E-state index contributed by atoms with van der Waals surface area (Å²) in [6.45, 7) is 4.99. The highest BCUT2D eigenvalue weighted by Crippen LogP contribution is 2.09. The van der Waals surface area contributed by atoms with E-state index in [0.29, 0.717) is 5.69 Å². The van der Waals surface area contributed by atoms with Crippen LogP contribution in [-0.2, 0) is 9.84 Å². The number of carbonyl (C=O) groups is 1. The number of hydrogen-bond donors (Lipinski definition) is 0. The number of nitrogens with zero attached hydrogens (tertiary/aromatic N) is 2. The van der Waals surface area contributed by atoms with E-state index in [4.69, 9.17) is 4.52 Å². The highest BCUT2D eigenvalue weighted by atomic mass is 32.2. The van der Waals surface area contributed by atoms with Crippen molar-refractivity contribution in [2.75, 3.05) is 18.6 Å². The average Bonchev–Trinajstić information content (AvgIpc) is 2.73. The molecule has 0 aliphatic heterocycles. The van der Waals surface area contributed by atoms with Crippen LogP contribution in [0.2, 0.25) is 0 Å². The molecule has 0 fully saturated rings. The third kappa shape index (κ3) is 3.56. The first-order chi connectivity index (χ1) is 8.26. The van der Waals surface area contributed by atoms with E-state index >= 15 is 0 Å². The van der Waals surface area contributed by atoms with Gasteiger partial charge in [-0.2, -0.15) is 0 Å². The van der Waals surface area contributed by atoms with E-state index < -0.39 is 15.9 Å². The molecule has 102 valence electrons. The topological polar surface area (TPSA) is 80.5 Å². The maximum absolute atomic E-state index is 12.0. The first-order valence-corrected chi connectivity index (χ1v) is 7.50. The second kappa shape index (κ2) is 5.51. The van der Waals surface area contributed by atoms with Crippen LogP contribution in [-0.4, -0.2) is 49.0 Å². The van der Waals surface area contributed by atoms with Crippen molar-refractivity contribution < 1.29 is 17.7 Å². The van der Waals surface area contributed by atoms with Gasteiger partial charge < -0.3 is 9.42 Å². The minimum Gasteiger partial charge on any atom is -0.351 e. The summed E-state index contributed by atoms with van der Waals surface area (Å²) in [5.74, 6) is -0.232. The lowest BCUT2D eigenvalue weighted by molar-refractivity contribution is 0.0714. The molecule has 0 spiro atoms. The Bertz CT molecular complexity index is 521.